The van der Waals surface area contributed by atoms with Gasteiger partial charge in [0, 0.05) is 18.7 Å². The molecule has 0 aliphatic heterocycles. The van der Waals surface area contributed by atoms with Gasteiger partial charge >= 0.3 is 0 Å². The highest BCUT2D eigenvalue weighted by Crippen LogP contribution is 2.14. The van der Waals surface area contributed by atoms with Crippen molar-refractivity contribution in [2.75, 3.05) is 6.54 Å². The molecule has 3 nitrogen and oxygen atoms in total. The molecule has 14 heavy (non-hydrogen) atoms. The summed E-state index contributed by atoms with van der Waals surface area (Å²) in [5.74, 6) is 0.249. The lowest BCUT2D eigenvalue weighted by atomic mass is 9.92. The molecule has 0 bridgehead atoms. The molecule has 1 heterocycles. The predicted octanol–water partition coefficient (Wildman–Crippen LogP) is 1.78. The summed E-state index contributed by atoms with van der Waals surface area (Å²) < 4.78 is 4.94. The molecular weight excluding hydrogens is 178 g/mol. The molecular formula is C11H19NO2. The van der Waals surface area contributed by atoms with E-state index in [9.17, 15) is 5.11 Å². The lowest BCUT2D eigenvalue weighted by Crippen LogP contribution is -2.41. The first kappa shape index (κ1) is 11.3. The largest absolute Gasteiger partial charge is 0.472 e. The lowest BCUT2D eigenvalue weighted by Gasteiger charge is -2.27. The number of furan rings is 1. The van der Waals surface area contributed by atoms with Gasteiger partial charge in [0.25, 0.3) is 0 Å². The molecule has 1 aromatic rings. The van der Waals surface area contributed by atoms with E-state index < -0.39 is 5.60 Å². The minimum atomic E-state index is -0.649. The Morgan fingerprint density at radius 3 is 2.79 bits per heavy atom. The Morgan fingerprint density at radius 1 is 1.57 bits per heavy atom. The van der Waals surface area contributed by atoms with Crippen molar-refractivity contribution in [2.45, 2.75) is 32.9 Å². The molecule has 0 aliphatic rings. The smallest absolute Gasteiger partial charge is 0.0947 e. The second kappa shape index (κ2) is 4.62. The first-order valence-corrected chi connectivity index (χ1v) is 4.96. The Labute approximate surface area is 85.1 Å². The molecule has 0 aliphatic carbocycles. The van der Waals surface area contributed by atoms with Gasteiger partial charge in [-0.3, -0.25) is 0 Å². The molecule has 80 valence electrons. The molecule has 2 N–H and O–H groups in total. The maximum absolute atomic E-state index is 9.93. The highest BCUT2D eigenvalue weighted by atomic mass is 16.3. The SMILES string of the molecule is CC(C)C(C)(O)CNCc1ccoc1. The van der Waals surface area contributed by atoms with Crippen molar-refractivity contribution < 1.29 is 9.52 Å². The van der Waals surface area contributed by atoms with Crippen LogP contribution in [0.4, 0.5) is 0 Å². The van der Waals surface area contributed by atoms with Crippen LogP contribution in [0.25, 0.3) is 0 Å². The topological polar surface area (TPSA) is 45.4 Å². The Balaban J connectivity index is 2.28. The molecule has 1 rings (SSSR count). The van der Waals surface area contributed by atoms with Crippen LogP contribution in [0.15, 0.2) is 23.0 Å². The van der Waals surface area contributed by atoms with Crippen LogP contribution in [0.2, 0.25) is 0 Å². The number of hydrogen-bond donors (Lipinski definition) is 2. The monoisotopic (exact) mass is 197 g/mol. The van der Waals surface area contributed by atoms with Gasteiger partial charge in [0.1, 0.15) is 0 Å². The van der Waals surface area contributed by atoms with E-state index in [0.29, 0.717) is 6.54 Å². The minimum absolute atomic E-state index is 0.249. The number of hydrogen-bond acceptors (Lipinski definition) is 3. The molecule has 0 fully saturated rings. The van der Waals surface area contributed by atoms with Gasteiger partial charge in [0.2, 0.25) is 0 Å². The highest BCUT2D eigenvalue weighted by Gasteiger charge is 2.23. The van der Waals surface area contributed by atoms with Crippen LogP contribution < -0.4 is 5.32 Å². The first-order chi connectivity index (χ1) is 6.52. The lowest BCUT2D eigenvalue weighted by molar-refractivity contribution is 0.0140. The van der Waals surface area contributed by atoms with Gasteiger partial charge in [-0.05, 0) is 18.9 Å². The molecule has 0 radical (unpaired) electrons. The summed E-state index contributed by atoms with van der Waals surface area (Å²) >= 11 is 0. The number of nitrogens with one attached hydrogen (secondary N) is 1. The summed E-state index contributed by atoms with van der Waals surface area (Å²) in [6.07, 6.45) is 3.36. The fraction of sp³-hybridized carbons (Fsp3) is 0.636. The fourth-order valence-electron chi connectivity index (χ4n) is 1.06. The van der Waals surface area contributed by atoms with Crippen LogP contribution in [0, 0.1) is 5.92 Å². The Hall–Kier alpha value is -0.800. The predicted molar refractivity (Wildman–Crippen MR) is 55.9 cm³/mol. The fourth-order valence-corrected chi connectivity index (χ4v) is 1.06. The van der Waals surface area contributed by atoms with Crippen molar-refractivity contribution in [3.05, 3.63) is 24.2 Å². The minimum Gasteiger partial charge on any atom is -0.472 e. The van der Waals surface area contributed by atoms with Crippen molar-refractivity contribution >= 4 is 0 Å². The summed E-state index contributed by atoms with van der Waals surface area (Å²) in [6.45, 7) is 7.20. The van der Waals surface area contributed by atoms with Crippen molar-refractivity contribution in [1.29, 1.82) is 0 Å². The van der Waals surface area contributed by atoms with Gasteiger partial charge in [-0.15, -0.1) is 0 Å². The zero-order chi connectivity index (χ0) is 10.6. The second-order valence-corrected chi connectivity index (χ2v) is 4.25. The summed E-state index contributed by atoms with van der Waals surface area (Å²) in [7, 11) is 0. The van der Waals surface area contributed by atoms with Gasteiger partial charge in [-0.25, -0.2) is 0 Å². The van der Waals surface area contributed by atoms with E-state index in [-0.39, 0.29) is 5.92 Å². The van der Waals surface area contributed by atoms with E-state index in [1.54, 1.807) is 12.5 Å². The summed E-state index contributed by atoms with van der Waals surface area (Å²) in [6, 6.07) is 1.91. The molecule has 1 unspecified atom stereocenters. The third-order valence-corrected chi connectivity index (χ3v) is 2.64. The van der Waals surface area contributed by atoms with Crippen LogP contribution in [0.5, 0.6) is 0 Å². The third-order valence-electron chi connectivity index (χ3n) is 2.64. The standard InChI is InChI=1S/C11H19NO2/c1-9(2)11(3,13)8-12-6-10-4-5-14-7-10/h4-5,7,9,12-13H,6,8H2,1-3H3. The van der Waals surface area contributed by atoms with Gasteiger partial charge in [0.05, 0.1) is 18.1 Å². The Morgan fingerprint density at radius 2 is 2.29 bits per heavy atom. The van der Waals surface area contributed by atoms with Crippen LogP contribution in [0.3, 0.4) is 0 Å². The second-order valence-electron chi connectivity index (χ2n) is 4.25. The molecule has 0 spiro atoms. The van der Waals surface area contributed by atoms with Crippen molar-refractivity contribution in [3.63, 3.8) is 0 Å². The van der Waals surface area contributed by atoms with Crippen molar-refractivity contribution in [2.24, 2.45) is 5.92 Å². The van der Waals surface area contributed by atoms with Gasteiger partial charge in [-0.2, -0.15) is 0 Å². The highest BCUT2D eigenvalue weighted by molar-refractivity contribution is 5.04. The van der Waals surface area contributed by atoms with Crippen LogP contribution in [0.1, 0.15) is 26.3 Å². The Bertz CT molecular complexity index is 252. The maximum Gasteiger partial charge on any atom is 0.0947 e. The maximum atomic E-state index is 9.93. The zero-order valence-electron chi connectivity index (χ0n) is 9.08. The summed E-state index contributed by atoms with van der Waals surface area (Å²) in [5, 5.41) is 13.1. The third kappa shape index (κ3) is 3.16. The number of rotatable bonds is 5. The molecule has 0 saturated heterocycles. The van der Waals surface area contributed by atoms with E-state index in [1.165, 1.54) is 0 Å². The van der Waals surface area contributed by atoms with Crippen LogP contribution in [-0.4, -0.2) is 17.3 Å². The van der Waals surface area contributed by atoms with E-state index in [2.05, 4.69) is 5.32 Å². The molecule has 0 saturated carbocycles. The van der Waals surface area contributed by atoms with Gasteiger partial charge < -0.3 is 14.8 Å². The van der Waals surface area contributed by atoms with Gasteiger partial charge in [-0.1, -0.05) is 13.8 Å². The van der Waals surface area contributed by atoms with Gasteiger partial charge in [0.15, 0.2) is 0 Å². The van der Waals surface area contributed by atoms with E-state index in [4.69, 9.17) is 4.42 Å². The van der Waals surface area contributed by atoms with E-state index in [1.807, 2.05) is 26.8 Å². The van der Waals surface area contributed by atoms with E-state index in [0.717, 1.165) is 12.1 Å². The normalized spacial score (nSPS) is 15.8. The quantitative estimate of drug-likeness (QED) is 0.756. The molecule has 1 aromatic heterocycles. The number of aliphatic hydroxyl groups is 1. The Kier molecular flexibility index (Phi) is 3.72. The zero-order valence-corrected chi connectivity index (χ0v) is 9.08. The van der Waals surface area contributed by atoms with Crippen LogP contribution >= 0.6 is 0 Å². The molecule has 0 amide bonds. The average molecular weight is 197 g/mol. The summed E-state index contributed by atoms with van der Waals surface area (Å²) in [4.78, 5) is 0. The van der Waals surface area contributed by atoms with Crippen molar-refractivity contribution in [3.8, 4) is 0 Å². The van der Waals surface area contributed by atoms with E-state index >= 15 is 0 Å². The molecule has 1 atom stereocenters. The summed E-state index contributed by atoms with van der Waals surface area (Å²) in [5.41, 5.74) is 0.452. The average Bonchev–Trinajstić information content (AvgIpc) is 2.56. The van der Waals surface area contributed by atoms with Crippen molar-refractivity contribution in [1.82, 2.24) is 5.32 Å². The molecule has 0 aromatic carbocycles. The molecule has 3 heteroatoms. The first-order valence-electron chi connectivity index (χ1n) is 4.96. The van der Waals surface area contributed by atoms with Crippen LogP contribution in [-0.2, 0) is 6.54 Å².